The van der Waals surface area contributed by atoms with Crippen molar-refractivity contribution in [1.82, 2.24) is 15.3 Å². The molecule has 0 bridgehead atoms. The molecule has 1 aromatic heterocycles. The zero-order valence-electron chi connectivity index (χ0n) is 10.3. The smallest absolute Gasteiger partial charge is 0.254 e. The van der Waals surface area contributed by atoms with Crippen molar-refractivity contribution in [2.45, 2.75) is 18.6 Å². The van der Waals surface area contributed by atoms with E-state index in [1.54, 1.807) is 0 Å². The van der Waals surface area contributed by atoms with Gasteiger partial charge in [-0.05, 0) is 12.0 Å². The van der Waals surface area contributed by atoms with Crippen LogP contribution in [0.25, 0.3) is 5.57 Å². The van der Waals surface area contributed by atoms with Crippen LogP contribution in [0.3, 0.4) is 0 Å². The number of aliphatic hydroxyl groups is 3. The van der Waals surface area contributed by atoms with Gasteiger partial charge in [-0.15, -0.1) is 0 Å². The Balaban J connectivity index is 2.03. The number of aromatic nitrogens is 2. The molecule has 104 valence electrons. The third kappa shape index (κ3) is 2.90. The highest BCUT2D eigenvalue weighted by Crippen LogP contribution is 2.21. The van der Waals surface area contributed by atoms with Crippen LogP contribution in [0, 0.1) is 0 Å². The number of hydrogen-bond acceptors (Lipinski definition) is 6. The molecule has 0 amide bonds. The standard InChI is InChI=1S/C12H17N3O4/c16-4-9(10(18)5-17)13-3-7-1-2-8-11(7)14-6-15-12(8)19/h1,6,9-10,13,16-18H,2-5H2,(H,14,15,19)/t9-,10+/m0/s1. The van der Waals surface area contributed by atoms with Crippen LogP contribution in [0.1, 0.15) is 11.3 Å². The van der Waals surface area contributed by atoms with Crippen LogP contribution in [0.4, 0.5) is 0 Å². The molecular formula is C12H17N3O4. The first kappa shape index (κ1) is 13.9. The van der Waals surface area contributed by atoms with E-state index in [4.69, 9.17) is 10.2 Å². The minimum absolute atomic E-state index is 0.148. The molecule has 5 N–H and O–H groups in total. The maximum absolute atomic E-state index is 11.5. The first-order chi connectivity index (χ1) is 9.17. The lowest BCUT2D eigenvalue weighted by Crippen LogP contribution is -2.45. The molecule has 1 aromatic rings. The Morgan fingerprint density at radius 1 is 1.42 bits per heavy atom. The Morgan fingerprint density at radius 3 is 2.89 bits per heavy atom. The fraction of sp³-hybridized carbons (Fsp3) is 0.500. The zero-order chi connectivity index (χ0) is 13.8. The zero-order valence-corrected chi connectivity index (χ0v) is 10.3. The second-order valence-corrected chi connectivity index (χ2v) is 4.41. The van der Waals surface area contributed by atoms with Gasteiger partial charge in [0.15, 0.2) is 0 Å². The maximum atomic E-state index is 11.5. The average Bonchev–Trinajstić information content (AvgIpc) is 2.84. The highest BCUT2D eigenvalue weighted by molar-refractivity contribution is 5.70. The highest BCUT2D eigenvalue weighted by atomic mass is 16.3. The molecule has 1 aliphatic carbocycles. The van der Waals surface area contributed by atoms with Crippen LogP contribution in [0.2, 0.25) is 0 Å². The first-order valence-corrected chi connectivity index (χ1v) is 6.06. The summed E-state index contributed by atoms with van der Waals surface area (Å²) in [5.74, 6) is 0. The number of nitrogens with zero attached hydrogens (tertiary/aromatic N) is 1. The molecule has 7 nitrogen and oxygen atoms in total. The van der Waals surface area contributed by atoms with Gasteiger partial charge in [-0.2, -0.15) is 0 Å². The van der Waals surface area contributed by atoms with Gasteiger partial charge in [0.25, 0.3) is 5.56 Å². The third-order valence-electron chi connectivity index (χ3n) is 3.21. The molecule has 0 unspecified atom stereocenters. The average molecular weight is 267 g/mol. The maximum Gasteiger partial charge on any atom is 0.254 e. The van der Waals surface area contributed by atoms with E-state index < -0.39 is 18.8 Å². The molecule has 1 aliphatic rings. The van der Waals surface area contributed by atoms with Gasteiger partial charge >= 0.3 is 0 Å². The second kappa shape index (κ2) is 6.07. The van der Waals surface area contributed by atoms with Gasteiger partial charge in [-0.25, -0.2) is 4.98 Å². The molecule has 0 aliphatic heterocycles. The van der Waals surface area contributed by atoms with Crippen LogP contribution in [0.5, 0.6) is 0 Å². The number of H-pyrrole nitrogens is 1. The van der Waals surface area contributed by atoms with E-state index >= 15 is 0 Å². The van der Waals surface area contributed by atoms with Crippen molar-refractivity contribution in [3.8, 4) is 0 Å². The van der Waals surface area contributed by atoms with Crippen LogP contribution < -0.4 is 10.9 Å². The van der Waals surface area contributed by atoms with E-state index in [-0.39, 0.29) is 12.2 Å². The van der Waals surface area contributed by atoms with Gasteiger partial charge in [0, 0.05) is 12.1 Å². The number of hydrogen-bond donors (Lipinski definition) is 5. The van der Waals surface area contributed by atoms with Crippen LogP contribution in [0.15, 0.2) is 17.2 Å². The molecule has 1 heterocycles. The molecule has 7 heteroatoms. The number of rotatable bonds is 6. The predicted octanol–water partition coefficient (Wildman–Crippen LogP) is -1.99. The molecule has 0 saturated carbocycles. The van der Waals surface area contributed by atoms with Crippen molar-refractivity contribution < 1.29 is 15.3 Å². The van der Waals surface area contributed by atoms with E-state index in [2.05, 4.69) is 15.3 Å². The number of allylic oxidation sites excluding steroid dienone is 1. The SMILES string of the molecule is O=c1[nH]cnc2c1CC=C2CN[C@@H](CO)[C@H](O)CO. The molecule has 0 radical (unpaired) electrons. The Hall–Kier alpha value is -1.54. The van der Waals surface area contributed by atoms with Crippen LogP contribution in [-0.4, -0.2) is 57.2 Å². The normalized spacial score (nSPS) is 16.9. The Bertz CT molecular complexity index is 526. The molecule has 2 atom stereocenters. The molecule has 19 heavy (non-hydrogen) atoms. The van der Waals surface area contributed by atoms with E-state index in [9.17, 15) is 9.90 Å². The molecule has 0 aromatic carbocycles. The number of fused-ring (bicyclic) bond motifs is 1. The van der Waals surface area contributed by atoms with Crippen molar-refractivity contribution >= 4 is 5.57 Å². The van der Waals surface area contributed by atoms with Gasteiger partial charge in [0.05, 0.1) is 37.4 Å². The summed E-state index contributed by atoms with van der Waals surface area (Å²) < 4.78 is 0. The van der Waals surface area contributed by atoms with Crippen molar-refractivity contribution in [3.63, 3.8) is 0 Å². The van der Waals surface area contributed by atoms with Crippen molar-refractivity contribution in [1.29, 1.82) is 0 Å². The molecule has 0 spiro atoms. The predicted molar refractivity (Wildman–Crippen MR) is 68.5 cm³/mol. The van der Waals surface area contributed by atoms with Crippen LogP contribution in [-0.2, 0) is 6.42 Å². The molecule has 0 fully saturated rings. The summed E-state index contributed by atoms with van der Waals surface area (Å²) in [6.07, 6.45) is 2.74. The summed E-state index contributed by atoms with van der Waals surface area (Å²) in [5, 5.41) is 30.4. The summed E-state index contributed by atoms with van der Waals surface area (Å²) in [6, 6.07) is -0.614. The lowest BCUT2D eigenvalue weighted by atomic mass is 10.1. The Labute approximate surface area is 109 Å². The summed E-state index contributed by atoms with van der Waals surface area (Å²) in [5.41, 5.74) is 1.98. The van der Waals surface area contributed by atoms with E-state index in [0.717, 1.165) is 5.57 Å². The fourth-order valence-electron chi connectivity index (χ4n) is 2.06. The number of aliphatic hydroxyl groups excluding tert-OH is 3. The second-order valence-electron chi connectivity index (χ2n) is 4.41. The Morgan fingerprint density at radius 2 is 2.21 bits per heavy atom. The lowest BCUT2D eigenvalue weighted by Gasteiger charge is -2.20. The monoisotopic (exact) mass is 267 g/mol. The summed E-state index contributed by atoms with van der Waals surface area (Å²) >= 11 is 0. The van der Waals surface area contributed by atoms with Gasteiger partial charge in [-0.3, -0.25) is 4.79 Å². The van der Waals surface area contributed by atoms with Crippen molar-refractivity contribution in [3.05, 3.63) is 34.0 Å². The summed E-state index contributed by atoms with van der Waals surface area (Å²) in [7, 11) is 0. The largest absolute Gasteiger partial charge is 0.395 e. The molecular weight excluding hydrogens is 250 g/mol. The van der Waals surface area contributed by atoms with Gasteiger partial charge in [-0.1, -0.05) is 6.08 Å². The van der Waals surface area contributed by atoms with Gasteiger partial charge < -0.3 is 25.6 Å². The van der Waals surface area contributed by atoms with Gasteiger partial charge in [0.1, 0.15) is 0 Å². The number of aromatic amines is 1. The topological polar surface area (TPSA) is 118 Å². The quantitative estimate of drug-likeness (QED) is 0.407. The number of nitrogens with one attached hydrogen (secondary N) is 2. The summed E-state index contributed by atoms with van der Waals surface area (Å²) in [6.45, 7) is -0.345. The van der Waals surface area contributed by atoms with Crippen molar-refractivity contribution in [2.24, 2.45) is 0 Å². The van der Waals surface area contributed by atoms with Crippen molar-refractivity contribution in [2.75, 3.05) is 19.8 Å². The highest BCUT2D eigenvalue weighted by Gasteiger charge is 2.21. The minimum atomic E-state index is -1.03. The van der Waals surface area contributed by atoms with Crippen LogP contribution >= 0.6 is 0 Å². The minimum Gasteiger partial charge on any atom is -0.395 e. The van der Waals surface area contributed by atoms with E-state index in [1.165, 1.54) is 6.33 Å². The van der Waals surface area contributed by atoms with Gasteiger partial charge in [0.2, 0.25) is 0 Å². The lowest BCUT2D eigenvalue weighted by molar-refractivity contribution is 0.0432. The van der Waals surface area contributed by atoms with E-state index in [1.807, 2.05) is 6.08 Å². The molecule has 0 saturated heterocycles. The third-order valence-corrected chi connectivity index (χ3v) is 3.21. The first-order valence-electron chi connectivity index (χ1n) is 6.06. The Kier molecular flexibility index (Phi) is 4.43. The summed E-state index contributed by atoms with van der Waals surface area (Å²) in [4.78, 5) is 18.2. The molecule has 2 rings (SSSR count). The fourth-order valence-corrected chi connectivity index (χ4v) is 2.06. The van der Waals surface area contributed by atoms with E-state index in [0.29, 0.717) is 24.2 Å².